The Kier molecular flexibility index (Phi) is 8.00. The number of amides is 1. The molecule has 0 aliphatic carbocycles. The normalized spacial score (nSPS) is 18.2. The van der Waals surface area contributed by atoms with Gasteiger partial charge in [0, 0.05) is 29.1 Å². The number of nitrogens with one attached hydrogen (secondary N) is 1. The van der Waals surface area contributed by atoms with E-state index in [2.05, 4.69) is 31.2 Å². The predicted molar refractivity (Wildman–Crippen MR) is 117 cm³/mol. The van der Waals surface area contributed by atoms with Crippen LogP contribution in [-0.4, -0.2) is 47.3 Å². The third-order valence-corrected chi connectivity index (χ3v) is 5.90. The molecule has 0 aromatic heterocycles. The van der Waals surface area contributed by atoms with Gasteiger partial charge in [-0.05, 0) is 64.8 Å². The van der Waals surface area contributed by atoms with E-state index in [-0.39, 0.29) is 24.0 Å². The van der Waals surface area contributed by atoms with Crippen LogP contribution in [0.1, 0.15) is 54.4 Å². The molecule has 0 saturated carbocycles. The molecule has 29 heavy (non-hydrogen) atoms. The molecule has 162 valence electrons. The van der Waals surface area contributed by atoms with Crippen molar-refractivity contribution in [1.29, 1.82) is 0 Å². The summed E-state index contributed by atoms with van der Waals surface area (Å²) in [5, 5.41) is 2.18. The van der Waals surface area contributed by atoms with Crippen LogP contribution in [0, 0.1) is 5.82 Å². The second-order valence-electron chi connectivity index (χ2n) is 8.39. The maximum Gasteiger partial charge on any atom is 0.410 e. The van der Waals surface area contributed by atoms with E-state index in [1.807, 2.05) is 32.9 Å². The Labute approximate surface area is 178 Å². The van der Waals surface area contributed by atoms with Gasteiger partial charge in [0.2, 0.25) is 0 Å². The van der Waals surface area contributed by atoms with Crippen LogP contribution in [0.2, 0.25) is 0 Å². The van der Waals surface area contributed by atoms with Crippen LogP contribution in [-0.2, 0) is 4.74 Å². The van der Waals surface area contributed by atoms with E-state index < -0.39 is 5.60 Å². The molecule has 1 N–H and O–H groups in total. The Balaban J connectivity index is 2.15. The molecule has 7 heteroatoms. The number of carbonyl (C=O) groups excluding carboxylic acids is 1. The van der Waals surface area contributed by atoms with Crippen LogP contribution < -0.4 is 5.43 Å². The summed E-state index contributed by atoms with van der Waals surface area (Å²) in [6.45, 7) is 12.5. The minimum absolute atomic E-state index is 0.0721. The van der Waals surface area contributed by atoms with Crippen molar-refractivity contribution in [2.24, 2.45) is 0 Å². The van der Waals surface area contributed by atoms with E-state index in [9.17, 15) is 9.18 Å². The summed E-state index contributed by atoms with van der Waals surface area (Å²) in [4.78, 5) is 16.2. The number of nitrogens with zero attached hydrogens (tertiary/aromatic N) is 2. The zero-order valence-corrected chi connectivity index (χ0v) is 19.4. The van der Waals surface area contributed by atoms with Crippen LogP contribution in [0.15, 0.2) is 39.8 Å². The largest absolute Gasteiger partial charge is 0.444 e. The zero-order valence-electron chi connectivity index (χ0n) is 18.6. The van der Waals surface area contributed by atoms with E-state index >= 15 is 0 Å². The summed E-state index contributed by atoms with van der Waals surface area (Å²) in [6, 6.07) is 6.89. The number of hydrogen-bond acceptors (Lipinski definition) is 5. The van der Waals surface area contributed by atoms with Gasteiger partial charge in [-0.25, -0.2) is 14.6 Å². The third-order valence-electron chi connectivity index (χ3n) is 4.66. The fraction of sp³-hybridized carbons (Fsp3) is 0.591. The number of carbonyl (C=O) groups is 1. The van der Waals surface area contributed by atoms with Gasteiger partial charge in [0.1, 0.15) is 11.4 Å². The molecule has 1 aliphatic heterocycles. The molecule has 1 aromatic rings. The lowest BCUT2D eigenvalue weighted by Gasteiger charge is -2.33. The van der Waals surface area contributed by atoms with Gasteiger partial charge in [-0.2, -0.15) is 0 Å². The van der Waals surface area contributed by atoms with Gasteiger partial charge in [-0.1, -0.05) is 25.6 Å². The molecular formula is C22H34FN3O2S. The highest BCUT2D eigenvalue weighted by Crippen LogP contribution is 2.39. The van der Waals surface area contributed by atoms with Gasteiger partial charge >= 0.3 is 6.09 Å². The van der Waals surface area contributed by atoms with Crippen molar-refractivity contribution in [3.05, 3.63) is 40.7 Å². The van der Waals surface area contributed by atoms with Gasteiger partial charge in [0.15, 0.2) is 0 Å². The number of halogens is 1. The summed E-state index contributed by atoms with van der Waals surface area (Å²) in [5.74, 6) is -0.226. The first-order valence-corrected chi connectivity index (χ1v) is 11.0. The standard InChI is InChI=1S/C22H34FN3O2S/c1-8-18-20(29-17-12-10-16(23)11-13-17)19(9-2)26(24-18)15(3)14-25(7)21(27)28-22(4,5)6/h10-13,15,18,24H,8-9,14H2,1-7H3. The third kappa shape index (κ3) is 6.37. The number of thioether (sulfide) groups is 1. The van der Waals surface area contributed by atoms with Gasteiger partial charge < -0.3 is 14.6 Å². The SMILES string of the molecule is CCC1=C(Sc2ccc(F)cc2)C(CC)NN1C(C)CN(C)C(=O)OC(C)(C)C. The van der Waals surface area contributed by atoms with Crippen LogP contribution in [0.5, 0.6) is 0 Å². The quantitative estimate of drug-likeness (QED) is 0.637. The molecule has 0 bridgehead atoms. The highest BCUT2D eigenvalue weighted by molar-refractivity contribution is 8.03. The van der Waals surface area contributed by atoms with Crippen LogP contribution in [0.25, 0.3) is 0 Å². The molecule has 1 heterocycles. The average Bonchev–Trinajstić information content (AvgIpc) is 2.99. The summed E-state index contributed by atoms with van der Waals surface area (Å²) < 4.78 is 18.7. The molecule has 1 aliphatic rings. The number of likely N-dealkylation sites (N-methyl/N-ethyl adjacent to an activating group) is 1. The van der Waals surface area contributed by atoms with Crippen molar-refractivity contribution in [2.75, 3.05) is 13.6 Å². The molecule has 1 amide bonds. The predicted octanol–water partition coefficient (Wildman–Crippen LogP) is 5.39. The number of hydrogen-bond donors (Lipinski definition) is 1. The van der Waals surface area contributed by atoms with Gasteiger partial charge in [0.05, 0.1) is 12.1 Å². The second-order valence-corrected chi connectivity index (χ2v) is 9.51. The van der Waals surface area contributed by atoms with E-state index in [1.54, 1.807) is 23.7 Å². The molecule has 0 spiro atoms. The zero-order chi connectivity index (χ0) is 21.8. The molecule has 5 nitrogen and oxygen atoms in total. The Morgan fingerprint density at radius 1 is 1.31 bits per heavy atom. The van der Waals surface area contributed by atoms with Crippen molar-refractivity contribution in [1.82, 2.24) is 15.3 Å². The summed E-state index contributed by atoms with van der Waals surface area (Å²) in [7, 11) is 1.77. The minimum Gasteiger partial charge on any atom is -0.444 e. The number of allylic oxidation sites excluding steroid dienone is 1. The minimum atomic E-state index is -0.513. The van der Waals surface area contributed by atoms with Crippen molar-refractivity contribution in [3.8, 4) is 0 Å². The summed E-state index contributed by atoms with van der Waals surface area (Å²) >= 11 is 1.68. The summed E-state index contributed by atoms with van der Waals surface area (Å²) in [6.07, 6.45) is 1.49. The fourth-order valence-corrected chi connectivity index (χ4v) is 4.54. The Hall–Kier alpha value is -1.73. The number of benzene rings is 1. The first-order chi connectivity index (χ1) is 13.6. The molecule has 2 atom stereocenters. The van der Waals surface area contributed by atoms with E-state index in [0.717, 1.165) is 17.7 Å². The lowest BCUT2D eigenvalue weighted by atomic mass is 10.2. The first-order valence-electron chi connectivity index (χ1n) is 10.2. The van der Waals surface area contributed by atoms with Crippen molar-refractivity contribution < 1.29 is 13.9 Å². The van der Waals surface area contributed by atoms with Crippen LogP contribution in [0.4, 0.5) is 9.18 Å². The van der Waals surface area contributed by atoms with Gasteiger partial charge in [-0.15, -0.1) is 0 Å². The maximum atomic E-state index is 13.3. The van der Waals surface area contributed by atoms with Crippen molar-refractivity contribution in [2.45, 2.75) is 77.0 Å². The van der Waals surface area contributed by atoms with Crippen molar-refractivity contribution >= 4 is 17.9 Å². The van der Waals surface area contributed by atoms with E-state index in [4.69, 9.17) is 4.74 Å². The second kappa shape index (κ2) is 9.85. The topological polar surface area (TPSA) is 44.8 Å². The molecule has 0 saturated heterocycles. The first kappa shape index (κ1) is 23.5. The molecule has 2 unspecified atom stereocenters. The molecule has 0 fully saturated rings. The molecule has 0 radical (unpaired) electrons. The van der Waals surface area contributed by atoms with E-state index in [1.165, 1.54) is 22.7 Å². The van der Waals surface area contributed by atoms with Gasteiger partial charge in [-0.3, -0.25) is 0 Å². The van der Waals surface area contributed by atoms with Crippen LogP contribution in [0.3, 0.4) is 0 Å². The molecule has 2 rings (SSSR count). The Morgan fingerprint density at radius 2 is 1.93 bits per heavy atom. The Bertz CT molecular complexity index is 731. The monoisotopic (exact) mass is 423 g/mol. The smallest absolute Gasteiger partial charge is 0.410 e. The molecular weight excluding hydrogens is 389 g/mol. The van der Waals surface area contributed by atoms with Gasteiger partial charge in [0.25, 0.3) is 0 Å². The number of rotatable bonds is 7. The highest BCUT2D eigenvalue weighted by atomic mass is 32.2. The lowest BCUT2D eigenvalue weighted by molar-refractivity contribution is 0.0244. The number of ether oxygens (including phenoxy) is 1. The van der Waals surface area contributed by atoms with Crippen LogP contribution >= 0.6 is 11.8 Å². The maximum absolute atomic E-state index is 13.3. The number of hydrazine groups is 1. The molecule has 1 aromatic carbocycles. The highest BCUT2D eigenvalue weighted by Gasteiger charge is 2.33. The lowest BCUT2D eigenvalue weighted by Crippen LogP contribution is -2.48. The fourth-order valence-electron chi connectivity index (χ4n) is 3.29. The Morgan fingerprint density at radius 3 is 2.45 bits per heavy atom. The van der Waals surface area contributed by atoms with Crippen molar-refractivity contribution in [3.63, 3.8) is 0 Å². The average molecular weight is 424 g/mol. The summed E-state index contributed by atoms with van der Waals surface area (Å²) in [5.41, 5.74) is 4.31. The van der Waals surface area contributed by atoms with E-state index in [0.29, 0.717) is 6.54 Å².